The molecule has 0 aliphatic heterocycles. The maximum atomic E-state index is 12.2. The zero-order valence-corrected chi connectivity index (χ0v) is 13.5. The lowest BCUT2D eigenvalue weighted by Crippen LogP contribution is -2.24. The SMILES string of the molecule is CC1=CC[C@H](C(C)C)C/C1=N/NS(=O)(=O)c1ccccc1. The molecule has 2 rings (SSSR count). The summed E-state index contributed by atoms with van der Waals surface area (Å²) in [5.74, 6) is 1.08. The number of nitrogens with zero attached hydrogens (tertiary/aromatic N) is 1. The Balaban J connectivity index is 2.17. The van der Waals surface area contributed by atoms with Crippen LogP contribution >= 0.6 is 0 Å². The number of hydrogen-bond acceptors (Lipinski definition) is 3. The van der Waals surface area contributed by atoms with Crippen molar-refractivity contribution in [2.24, 2.45) is 16.9 Å². The van der Waals surface area contributed by atoms with Gasteiger partial charge in [0, 0.05) is 0 Å². The van der Waals surface area contributed by atoms with E-state index < -0.39 is 10.0 Å². The minimum Gasteiger partial charge on any atom is -0.200 e. The van der Waals surface area contributed by atoms with Crippen LogP contribution in [0.25, 0.3) is 0 Å². The molecule has 4 nitrogen and oxygen atoms in total. The van der Waals surface area contributed by atoms with E-state index in [1.54, 1.807) is 30.3 Å². The van der Waals surface area contributed by atoms with Crippen LogP contribution in [0.3, 0.4) is 0 Å². The highest BCUT2D eigenvalue weighted by molar-refractivity contribution is 7.89. The molecule has 1 aromatic rings. The smallest absolute Gasteiger partial charge is 0.200 e. The van der Waals surface area contributed by atoms with Gasteiger partial charge < -0.3 is 0 Å². The first-order valence-electron chi connectivity index (χ1n) is 7.20. The first-order valence-corrected chi connectivity index (χ1v) is 8.69. The second kappa shape index (κ2) is 6.43. The van der Waals surface area contributed by atoms with E-state index in [1.165, 1.54) is 0 Å². The van der Waals surface area contributed by atoms with Crippen molar-refractivity contribution in [3.8, 4) is 0 Å². The molecule has 0 saturated carbocycles. The van der Waals surface area contributed by atoms with Crippen LogP contribution in [0.15, 0.2) is 52.0 Å². The quantitative estimate of drug-likeness (QED) is 0.867. The molecule has 0 aromatic heterocycles. The Bertz CT molecular complexity index is 646. The Kier molecular flexibility index (Phi) is 4.83. The standard InChI is InChI=1S/C16H22N2O2S/c1-12(2)14-10-9-13(3)16(11-14)17-18-21(19,20)15-7-5-4-6-8-15/h4-9,12,14,18H,10-11H2,1-3H3/b17-16-/t14-/m0/s1. The van der Waals surface area contributed by atoms with Crippen molar-refractivity contribution in [1.29, 1.82) is 0 Å². The molecule has 0 saturated heterocycles. The number of benzene rings is 1. The van der Waals surface area contributed by atoms with E-state index in [2.05, 4.69) is 29.9 Å². The number of hydrazone groups is 1. The van der Waals surface area contributed by atoms with Gasteiger partial charge in [-0.25, -0.2) is 0 Å². The molecule has 21 heavy (non-hydrogen) atoms. The second-order valence-electron chi connectivity index (χ2n) is 5.80. The van der Waals surface area contributed by atoms with Gasteiger partial charge in [-0.2, -0.15) is 18.4 Å². The zero-order chi connectivity index (χ0) is 15.5. The normalized spacial score (nSPS) is 21.4. The van der Waals surface area contributed by atoms with Crippen molar-refractivity contribution in [3.05, 3.63) is 42.0 Å². The molecule has 1 aliphatic rings. The molecule has 0 amide bonds. The highest BCUT2D eigenvalue weighted by atomic mass is 32.2. The fourth-order valence-corrected chi connectivity index (χ4v) is 3.20. The number of hydrogen-bond donors (Lipinski definition) is 1. The predicted octanol–water partition coefficient (Wildman–Crippen LogP) is 3.33. The molecule has 0 radical (unpaired) electrons. The minimum atomic E-state index is -3.59. The summed E-state index contributed by atoms with van der Waals surface area (Å²) >= 11 is 0. The van der Waals surface area contributed by atoms with Crippen molar-refractivity contribution in [2.75, 3.05) is 0 Å². The molecule has 1 aromatic carbocycles. The van der Waals surface area contributed by atoms with Crippen molar-refractivity contribution in [3.63, 3.8) is 0 Å². The molecule has 0 bridgehead atoms. The van der Waals surface area contributed by atoms with E-state index in [0.29, 0.717) is 11.8 Å². The van der Waals surface area contributed by atoms with Crippen LogP contribution < -0.4 is 4.83 Å². The lowest BCUT2D eigenvalue weighted by Gasteiger charge is -2.25. The lowest BCUT2D eigenvalue weighted by atomic mass is 9.82. The third-order valence-corrected chi connectivity index (χ3v) is 5.16. The van der Waals surface area contributed by atoms with Gasteiger partial charge >= 0.3 is 0 Å². The highest BCUT2D eigenvalue weighted by Crippen LogP contribution is 2.27. The van der Waals surface area contributed by atoms with Crippen LogP contribution in [0.5, 0.6) is 0 Å². The number of nitrogens with one attached hydrogen (secondary N) is 1. The Morgan fingerprint density at radius 1 is 1.24 bits per heavy atom. The summed E-state index contributed by atoms with van der Waals surface area (Å²) in [4.78, 5) is 2.58. The molecule has 5 heteroatoms. The van der Waals surface area contributed by atoms with Gasteiger partial charge in [0.25, 0.3) is 10.0 Å². The van der Waals surface area contributed by atoms with E-state index in [-0.39, 0.29) is 4.90 Å². The molecular weight excluding hydrogens is 284 g/mol. The van der Waals surface area contributed by atoms with Crippen molar-refractivity contribution < 1.29 is 8.42 Å². The van der Waals surface area contributed by atoms with Crippen LogP contribution in [-0.4, -0.2) is 14.1 Å². The summed E-state index contributed by atoms with van der Waals surface area (Å²) in [6.45, 7) is 6.35. The largest absolute Gasteiger partial charge is 0.276 e. The molecule has 0 spiro atoms. The van der Waals surface area contributed by atoms with Crippen LogP contribution in [-0.2, 0) is 10.0 Å². The first-order chi connectivity index (χ1) is 9.90. The van der Waals surface area contributed by atoms with E-state index in [9.17, 15) is 8.42 Å². The second-order valence-corrected chi connectivity index (χ2v) is 7.46. The first kappa shape index (κ1) is 15.8. The Morgan fingerprint density at radius 3 is 2.52 bits per heavy atom. The maximum absolute atomic E-state index is 12.2. The van der Waals surface area contributed by atoms with Crippen molar-refractivity contribution in [2.45, 2.75) is 38.5 Å². The zero-order valence-electron chi connectivity index (χ0n) is 12.7. The molecule has 0 heterocycles. The van der Waals surface area contributed by atoms with Gasteiger partial charge in [0.1, 0.15) is 0 Å². The summed E-state index contributed by atoms with van der Waals surface area (Å²) in [5, 5.41) is 4.16. The molecule has 1 aliphatic carbocycles. The van der Waals surface area contributed by atoms with Gasteiger partial charge in [-0.1, -0.05) is 38.1 Å². The van der Waals surface area contributed by atoms with Gasteiger partial charge in [-0.05, 0) is 49.3 Å². The average molecular weight is 306 g/mol. The fraction of sp³-hybridized carbons (Fsp3) is 0.438. The van der Waals surface area contributed by atoms with Gasteiger partial charge in [0.2, 0.25) is 0 Å². The summed E-state index contributed by atoms with van der Waals surface area (Å²) in [5.41, 5.74) is 1.89. The monoisotopic (exact) mass is 306 g/mol. The summed E-state index contributed by atoms with van der Waals surface area (Å²) in [6.07, 6.45) is 4.00. The Hall–Kier alpha value is -1.62. The maximum Gasteiger partial charge on any atom is 0.276 e. The van der Waals surface area contributed by atoms with E-state index >= 15 is 0 Å². The van der Waals surface area contributed by atoms with Crippen LogP contribution in [0, 0.1) is 11.8 Å². The lowest BCUT2D eigenvalue weighted by molar-refractivity contribution is 0.395. The predicted molar refractivity (Wildman–Crippen MR) is 85.5 cm³/mol. The third-order valence-electron chi connectivity index (χ3n) is 3.93. The molecule has 0 unspecified atom stereocenters. The van der Waals surface area contributed by atoms with Gasteiger partial charge in [-0.3, -0.25) is 0 Å². The third kappa shape index (κ3) is 3.94. The van der Waals surface area contributed by atoms with Gasteiger partial charge in [0.05, 0.1) is 10.6 Å². The van der Waals surface area contributed by atoms with Crippen molar-refractivity contribution in [1.82, 2.24) is 4.83 Å². The average Bonchev–Trinajstić information content (AvgIpc) is 2.47. The van der Waals surface area contributed by atoms with Crippen LogP contribution in [0.1, 0.15) is 33.6 Å². The van der Waals surface area contributed by atoms with Crippen molar-refractivity contribution >= 4 is 15.7 Å². The van der Waals surface area contributed by atoms with Gasteiger partial charge in [0.15, 0.2) is 0 Å². The topological polar surface area (TPSA) is 58.5 Å². The molecule has 1 atom stereocenters. The van der Waals surface area contributed by atoms with E-state index in [0.717, 1.165) is 24.1 Å². The molecule has 1 N–H and O–H groups in total. The van der Waals surface area contributed by atoms with E-state index in [4.69, 9.17) is 0 Å². The van der Waals surface area contributed by atoms with E-state index in [1.807, 2.05) is 6.92 Å². The van der Waals surface area contributed by atoms with Crippen LogP contribution in [0.4, 0.5) is 0 Å². The Morgan fingerprint density at radius 2 is 1.90 bits per heavy atom. The molecule has 114 valence electrons. The molecular formula is C16H22N2O2S. The highest BCUT2D eigenvalue weighted by Gasteiger charge is 2.21. The fourth-order valence-electron chi connectivity index (χ4n) is 2.35. The summed E-state index contributed by atoms with van der Waals surface area (Å²) in [7, 11) is -3.59. The van der Waals surface area contributed by atoms with Crippen LogP contribution in [0.2, 0.25) is 0 Å². The minimum absolute atomic E-state index is 0.229. The Labute approximate surface area is 127 Å². The number of rotatable bonds is 4. The number of sulfonamides is 1. The molecule has 0 fully saturated rings. The number of allylic oxidation sites excluding steroid dienone is 2. The summed E-state index contributed by atoms with van der Waals surface area (Å²) in [6, 6.07) is 8.29. The summed E-state index contributed by atoms with van der Waals surface area (Å²) < 4.78 is 24.3. The van der Waals surface area contributed by atoms with Gasteiger partial charge in [-0.15, -0.1) is 0 Å².